The van der Waals surface area contributed by atoms with E-state index >= 15 is 0 Å². The normalized spacial score (nSPS) is 39.3. The van der Waals surface area contributed by atoms with Crippen molar-refractivity contribution in [3.8, 4) is 11.5 Å². The maximum atomic E-state index is 10.7. The maximum Gasteiger partial charge on any atom is 0.165 e. The fraction of sp³-hybridized carbons (Fsp3) is 0.700. The first kappa shape index (κ1) is 15.0. The van der Waals surface area contributed by atoms with Gasteiger partial charge in [0.2, 0.25) is 0 Å². The SMILES string of the molecule is CCCN1CC[C@]23c4c5ccc(OC)c4O[C@H]2[C@H](O)CC[C@H]3[C@H]1C5. The lowest BCUT2D eigenvalue weighted by molar-refractivity contribution is -0.104. The van der Waals surface area contributed by atoms with E-state index in [4.69, 9.17) is 9.47 Å². The molecular weight excluding hydrogens is 302 g/mol. The summed E-state index contributed by atoms with van der Waals surface area (Å²) in [5, 5.41) is 10.7. The summed E-state index contributed by atoms with van der Waals surface area (Å²) in [5.41, 5.74) is 2.80. The van der Waals surface area contributed by atoms with Crippen LogP contribution in [-0.2, 0) is 11.8 Å². The van der Waals surface area contributed by atoms with Crippen LogP contribution in [0.4, 0.5) is 0 Å². The average molecular weight is 329 g/mol. The summed E-state index contributed by atoms with van der Waals surface area (Å²) >= 11 is 0. The minimum atomic E-state index is -0.359. The van der Waals surface area contributed by atoms with Crippen LogP contribution in [0.25, 0.3) is 0 Å². The van der Waals surface area contributed by atoms with Crippen LogP contribution in [0.1, 0.15) is 43.7 Å². The van der Waals surface area contributed by atoms with E-state index in [0.717, 1.165) is 43.7 Å². The lowest BCUT2D eigenvalue weighted by Gasteiger charge is -2.59. The van der Waals surface area contributed by atoms with E-state index in [1.54, 1.807) is 7.11 Å². The summed E-state index contributed by atoms with van der Waals surface area (Å²) in [7, 11) is 1.71. The van der Waals surface area contributed by atoms with Gasteiger partial charge in [-0.15, -0.1) is 0 Å². The minimum absolute atomic E-state index is 0.00400. The van der Waals surface area contributed by atoms with E-state index in [0.29, 0.717) is 12.0 Å². The lowest BCUT2D eigenvalue weighted by atomic mass is 9.51. The highest BCUT2D eigenvalue weighted by Crippen LogP contribution is 2.63. The van der Waals surface area contributed by atoms with E-state index in [1.165, 1.54) is 24.1 Å². The number of rotatable bonds is 3. The second-order valence-electron chi connectivity index (χ2n) is 8.02. The molecule has 2 aliphatic carbocycles. The largest absolute Gasteiger partial charge is 0.493 e. The summed E-state index contributed by atoms with van der Waals surface area (Å²) < 4.78 is 12.0. The summed E-state index contributed by atoms with van der Waals surface area (Å²) in [6.45, 7) is 4.58. The number of nitrogens with zero attached hydrogens (tertiary/aromatic N) is 1. The average Bonchev–Trinajstić information content (AvgIpc) is 2.94. The number of aliphatic hydroxyl groups excluding tert-OH is 1. The van der Waals surface area contributed by atoms with Gasteiger partial charge in [-0.2, -0.15) is 0 Å². The van der Waals surface area contributed by atoms with E-state index in [2.05, 4.69) is 24.0 Å². The zero-order valence-electron chi connectivity index (χ0n) is 14.6. The monoisotopic (exact) mass is 329 g/mol. The Morgan fingerprint density at radius 2 is 2.25 bits per heavy atom. The third kappa shape index (κ3) is 1.66. The van der Waals surface area contributed by atoms with Crippen molar-refractivity contribution in [2.45, 2.75) is 62.7 Å². The molecule has 1 aromatic carbocycles. The molecule has 0 radical (unpaired) electrons. The number of methoxy groups -OCH3 is 1. The summed E-state index contributed by atoms with van der Waals surface area (Å²) in [5.74, 6) is 2.36. The van der Waals surface area contributed by atoms with Crippen molar-refractivity contribution in [1.82, 2.24) is 4.90 Å². The first-order valence-corrected chi connectivity index (χ1v) is 9.49. The van der Waals surface area contributed by atoms with Gasteiger partial charge in [0.25, 0.3) is 0 Å². The molecule has 2 fully saturated rings. The molecule has 2 aliphatic heterocycles. The Kier molecular flexibility index (Phi) is 3.21. The Bertz CT molecular complexity index is 675. The number of aliphatic hydroxyl groups is 1. The van der Waals surface area contributed by atoms with Gasteiger partial charge in [-0.1, -0.05) is 13.0 Å². The van der Waals surface area contributed by atoms with Crippen molar-refractivity contribution >= 4 is 0 Å². The third-order valence-corrected chi connectivity index (χ3v) is 7.12. The van der Waals surface area contributed by atoms with Gasteiger partial charge >= 0.3 is 0 Å². The highest BCUT2D eigenvalue weighted by Gasteiger charge is 2.65. The molecule has 1 N–H and O–H groups in total. The molecule has 2 heterocycles. The van der Waals surface area contributed by atoms with Crippen LogP contribution in [0, 0.1) is 5.92 Å². The van der Waals surface area contributed by atoms with E-state index < -0.39 is 0 Å². The lowest BCUT2D eigenvalue weighted by Crippen LogP contribution is -2.66. The van der Waals surface area contributed by atoms with Crippen LogP contribution < -0.4 is 9.47 Å². The van der Waals surface area contributed by atoms with Gasteiger partial charge in [0.1, 0.15) is 6.10 Å². The molecule has 1 saturated carbocycles. The van der Waals surface area contributed by atoms with Crippen LogP contribution in [0.5, 0.6) is 11.5 Å². The van der Waals surface area contributed by atoms with Crippen molar-refractivity contribution in [1.29, 1.82) is 0 Å². The highest BCUT2D eigenvalue weighted by molar-refractivity contribution is 5.61. The molecule has 0 aromatic heterocycles. The minimum Gasteiger partial charge on any atom is -0.493 e. The smallest absolute Gasteiger partial charge is 0.165 e. The fourth-order valence-electron chi connectivity index (χ4n) is 6.31. The molecule has 24 heavy (non-hydrogen) atoms. The Morgan fingerprint density at radius 1 is 1.38 bits per heavy atom. The number of piperidine rings is 1. The number of hydrogen-bond acceptors (Lipinski definition) is 4. The molecule has 4 heteroatoms. The summed E-state index contributed by atoms with van der Waals surface area (Å²) in [6.07, 6.45) is 4.95. The van der Waals surface area contributed by atoms with E-state index in [1.807, 2.05) is 0 Å². The fourth-order valence-corrected chi connectivity index (χ4v) is 6.31. The Balaban J connectivity index is 1.71. The standard InChI is InChI=1S/C20H27NO3/c1-3-9-21-10-8-20-13-5-6-15(22)19(20)24-18-16(23-2)7-4-12(17(18)20)11-14(13)21/h4,7,13-15,19,22H,3,5-6,8-11H2,1-2H3/t13-,14+,15+,19-,20-/m0/s1. The van der Waals surface area contributed by atoms with Crippen molar-refractivity contribution < 1.29 is 14.6 Å². The molecule has 130 valence electrons. The third-order valence-electron chi connectivity index (χ3n) is 7.12. The quantitative estimate of drug-likeness (QED) is 0.925. The van der Waals surface area contributed by atoms with Crippen LogP contribution in [0.3, 0.4) is 0 Å². The Hall–Kier alpha value is -1.26. The van der Waals surface area contributed by atoms with E-state index in [-0.39, 0.29) is 17.6 Å². The number of likely N-dealkylation sites (tertiary alicyclic amines) is 1. The molecule has 1 aromatic rings. The second-order valence-corrected chi connectivity index (χ2v) is 8.02. The zero-order valence-corrected chi connectivity index (χ0v) is 14.6. The molecule has 5 rings (SSSR count). The predicted molar refractivity (Wildman–Crippen MR) is 91.8 cm³/mol. The van der Waals surface area contributed by atoms with Crippen LogP contribution in [-0.4, -0.2) is 48.5 Å². The molecule has 0 amide bonds. The second kappa shape index (κ2) is 5.12. The molecular formula is C20H27NO3. The number of ether oxygens (including phenoxy) is 2. The summed E-state index contributed by atoms with van der Waals surface area (Å²) in [4.78, 5) is 2.70. The molecule has 1 spiro atoms. The van der Waals surface area contributed by atoms with Crippen molar-refractivity contribution in [2.75, 3.05) is 20.2 Å². The molecule has 1 saturated heterocycles. The molecule has 4 nitrogen and oxygen atoms in total. The summed E-state index contributed by atoms with van der Waals surface area (Å²) in [6, 6.07) is 4.89. The van der Waals surface area contributed by atoms with Gasteiger partial charge in [0.05, 0.1) is 13.2 Å². The number of benzene rings is 1. The van der Waals surface area contributed by atoms with Crippen molar-refractivity contribution in [2.24, 2.45) is 5.92 Å². The van der Waals surface area contributed by atoms with Crippen LogP contribution in [0.15, 0.2) is 12.1 Å². The predicted octanol–water partition coefficient (Wildman–Crippen LogP) is 2.51. The van der Waals surface area contributed by atoms with E-state index in [9.17, 15) is 5.11 Å². The van der Waals surface area contributed by atoms with Gasteiger partial charge in [-0.3, -0.25) is 4.90 Å². The van der Waals surface area contributed by atoms with Gasteiger partial charge in [-0.25, -0.2) is 0 Å². The maximum absolute atomic E-state index is 10.7. The molecule has 2 bridgehead atoms. The molecule has 5 atom stereocenters. The van der Waals surface area contributed by atoms with Crippen LogP contribution >= 0.6 is 0 Å². The highest BCUT2D eigenvalue weighted by atomic mass is 16.5. The van der Waals surface area contributed by atoms with Gasteiger partial charge in [-0.05, 0) is 62.7 Å². The zero-order chi connectivity index (χ0) is 16.5. The topological polar surface area (TPSA) is 41.9 Å². The van der Waals surface area contributed by atoms with Gasteiger partial charge in [0.15, 0.2) is 11.5 Å². The van der Waals surface area contributed by atoms with Gasteiger partial charge < -0.3 is 14.6 Å². The first-order chi connectivity index (χ1) is 11.7. The van der Waals surface area contributed by atoms with Gasteiger partial charge in [0, 0.05) is 17.0 Å². The Labute approximate surface area is 143 Å². The molecule has 4 aliphatic rings. The van der Waals surface area contributed by atoms with Crippen molar-refractivity contribution in [3.63, 3.8) is 0 Å². The Morgan fingerprint density at radius 3 is 3.04 bits per heavy atom. The first-order valence-electron chi connectivity index (χ1n) is 9.49. The van der Waals surface area contributed by atoms with Crippen molar-refractivity contribution in [3.05, 3.63) is 23.3 Å². The number of hydrogen-bond donors (Lipinski definition) is 1. The molecule has 0 unspecified atom stereocenters. The van der Waals surface area contributed by atoms with Crippen LogP contribution in [0.2, 0.25) is 0 Å².